The molecule has 1 heterocycles. The van der Waals surface area contributed by atoms with Crippen LogP contribution in [0.1, 0.15) is 23.2 Å². The van der Waals surface area contributed by atoms with Gasteiger partial charge in [-0.05, 0) is 18.9 Å². The first-order valence-electron chi connectivity index (χ1n) is 4.85. The van der Waals surface area contributed by atoms with Gasteiger partial charge >= 0.3 is 0 Å². The number of nitrogens with one attached hydrogen (secondary N) is 2. The predicted molar refractivity (Wildman–Crippen MR) is 59.3 cm³/mol. The highest BCUT2D eigenvalue weighted by molar-refractivity contribution is 6.29. The van der Waals surface area contributed by atoms with Crippen molar-refractivity contribution in [3.63, 3.8) is 0 Å². The largest absolute Gasteiger partial charge is 0.387 e. The van der Waals surface area contributed by atoms with E-state index in [1.54, 1.807) is 13.1 Å². The number of nitrogens with zero attached hydrogens (tertiary/aromatic N) is 1. The third-order valence-corrected chi connectivity index (χ3v) is 2.50. The maximum atomic E-state index is 11.8. The Morgan fingerprint density at radius 1 is 1.60 bits per heavy atom. The normalized spacial score (nSPS) is 14.8. The lowest BCUT2D eigenvalue weighted by atomic mass is 10.2. The zero-order chi connectivity index (χ0) is 10.8. The number of hydrogen-bond donors (Lipinski definition) is 2. The molecule has 1 amide bonds. The fourth-order valence-corrected chi connectivity index (χ4v) is 1.47. The van der Waals surface area contributed by atoms with Crippen molar-refractivity contribution < 1.29 is 4.79 Å². The van der Waals surface area contributed by atoms with Crippen LogP contribution in [-0.2, 0) is 0 Å². The first-order chi connectivity index (χ1) is 7.20. The van der Waals surface area contributed by atoms with Gasteiger partial charge in [0.1, 0.15) is 5.15 Å². The van der Waals surface area contributed by atoms with Crippen LogP contribution in [0.15, 0.2) is 12.3 Å². The summed E-state index contributed by atoms with van der Waals surface area (Å²) in [6.45, 7) is 0. The Kier molecular flexibility index (Phi) is 2.77. The van der Waals surface area contributed by atoms with Gasteiger partial charge in [-0.25, -0.2) is 4.98 Å². The minimum atomic E-state index is -0.0917. The summed E-state index contributed by atoms with van der Waals surface area (Å²) in [4.78, 5) is 15.7. The molecule has 0 aromatic carbocycles. The van der Waals surface area contributed by atoms with Gasteiger partial charge in [-0.1, -0.05) is 11.6 Å². The van der Waals surface area contributed by atoms with E-state index in [1.165, 1.54) is 6.20 Å². The topological polar surface area (TPSA) is 54.0 Å². The van der Waals surface area contributed by atoms with E-state index in [0.717, 1.165) is 12.8 Å². The molecule has 1 aromatic rings. The molecular weight excluding hydrogens is 214 g/mol. The van der Waals surface area contributed by atoms with Crippen molar-refractivity contribution in [2.75, 3.05) is 12.4 Å². The molecule has 1 aromatic heterocycles. The van der Waals surface area contributed by atoms with Gasteiger partial charge in [-0.2, -0.15) is 0 Å². The molecule has 5 heteroatoms. The lowest BCUT2D eigenvalue weighted by Gasteiger charge is -2.08. The standard InChI is InChI=1S/C10H12ClN3O/c1-12-8-4-9(11)13-5-7(8)10(15)14-6-2-3-6/h4-6H,2-3H2,1H3,(H,12,13)(H,14,15). The van der Waals surface area contributed by atoms with Gasteiger partial charge in [0.15, 0.2) is 0 Å². The minimum absolute atomic E-state index is 0.0917. The third-order valence-electron chi connectivity index (χ3n) is 2.30. The van der Waals surface area contributed by atoms with Gasteiger partial charge in [0, 0.05) is 19.3 Å². The predicted octanol–water partition coefficient (Wildman–Crippen LogP) is 1.67. The first kappa shape index (κ1) is 10.2. The summed E-state index contributed by atoms with van der Waals surface area (Å²) in [5, 5.41) is 6.21. The molecule has 0 spiro atoms. The number of rotatable bonds is 3. The number of aromatic nitrogens is 1. The van der Waals surface area contributed by atoms with Crippen molar-refractivity contribution in [3.05, 3.63) is 23.0 Å². The molecule has 0 saturated heterocycles. The average Bonchev–Trinajstić information content (AvgIpc) is 3.01. The van der Waals surface area contributed by atoms with Crippen molar-refractivity contribution in [2.24, 2.45) is 0 Å². The van der Waals surface area contributed by atoms with E-state index in [0.29, 0.717) is 22.4 Å². The van der Waals surface area contributed by atoms with Gasteiger partial charge in [0.05, 0.1) is 11.3 Å². The Hall–Kier alpha value is -1.29. The summed E-state index contributed by atoms with van der Waals surface area (Å²) >= 11 is 5.74. The molecule has 4 nitrogen and oxygen atoms in total. The first-order valence-corrected chi connectivity index (χ1v) is 5.22. The van der Waals surface area contributed by atoms with Gasteiger partial charge in [0.25, 0.3) is 5.91 Å². The maximum absolute atomic E-state index is 11.8. The van der Waals surface area contributed by atoms with E-state index in [4.69, 9.17) is 11.6 Å². The Labute approximate surface area is 93.0 Å². The highest BCUT2D eigenvalue weighted by Crippen LogP contribution is 2.22. The maximum Gasteiger partial charge on any atom is 0.255 e. The van der Waals surface area contributed by atoms with Crippen LogP contribution < -0.4 is 10.6 Å². The van der Waals surface area contributed by atoms with Crippen LogP contribution in [0, 0.1) is 0 Å². The zero-order valence-corrected chi connectivity index (χ0v) is 9.14. The molecule has 2 N–H and O–H groups in total. The average molecular weight is 226 g/mol. The summed E-state index contributed by atoms with van der Waals surface area (Å²) in [7, 11) is 1.75. The molecule has 80 valence electrons. The summed E-state index contributed by atoms with van der Waals surface area (Å²) in [6.07, 6.45) is 3.63. The minimum Gasteiger partial charge on any atom is -0.387 e. The van der Waals surface area contributed by atoms with E-state index >= 15 is 0 Å². The van der Waals surface area contributed by atoms with Crippen LogP contribution in [0.2, 0.25) is 5.15 Å². The molecule has 2 rings (SSSR count). The monoisotopic (exact) mass is 225 g/mol. The van der Waals surface area contributed by atoms with Crippen LogP contribution in [0.4, 0.5) is 5.69 Å². The van der Waals surface area contributed by atoms with Crippen molar-refractivity contribution >= 4 is 23.2 Å². The number of pyridine rings is 1. The quantitative estimate of drug-likeness (QED) is 0.770. The Morgan fingerprint density at radius 3 is 2.93 bits per heavy atom. The lowest BCUT2D eigenvalue weighted by molar-refractivity contribution is 0.0951. The van der Waals surface area contributed by atoms with Crippen LogP contribution in [0.3, 0.4) is 0 Å². The van der Waals surface area contributed by atoms with Gasteiger partial charge in [-0.15, -0.1) is 0 Å². The fourth-order valence-electron chi connectivity index (χ4n) is 1.31. The number of hydrogen-bond acceptors (Lipinski definition) is 3. The molecule has 0 unspecified atom stereocenters. The molecule has 1 fully saturated rings. The van der Waals surface area contributed by atoms with Crippen molar-refractivity contribution in [1.29, 1.82) is 0 Å². The van der Waals surface area contributed by atoms with Crippen LogP contribution in [0.25, 0.3) is 0 Å². The van der Waals surface area contributed by atoms with E-state index in [2.05, 4.69) is 15.6 Å². The molecular formula is C10H12ClN3O. The fraction of sp³-hybridized carbons (Fsp3) is 0.400. The summed E-state index contributed by atoms with van der Waals surface area (Å²) in [5.41, 5.74) is 1.24. The second kappa shape index (κ2) is 4.06. The van der Waals surface area contributed by atoms with Crippen molar-refractivity contribution in [3.8, 4) is 0 Å². The summed E-state index contributed by atoms with van der Waals surface area (Å²) in [5.74, 6) is -0.0917. The zero-order valence-electron chi connectivity index (χ0n) is 8.38. The number of anilines is 1. The van der Waals surface area contributed by atoms with E-state index in [1.807, 2.05) is 0 Å². The van der Waals surface area contributed by atoms with Gasteiger partial charge < -0.3 is 10.6 Å². The smallest absolute Gasteiger partial charge is 0.255 e. The van der Waals surface area contributed by atoms with Crippen LogP contribution >= 0.6 is 11.6 Å². The molecule has 1 aliphatic rings. The SMILES string of the molecule is CNc1cc(Cl)ncc1C(=O)NC1CC1. The van der Waals surface area contributed by atoms with Crippen molar-refractivity contribution in [2.45, 2.75) is 18.9 Å². The molecule has 0 aliphatic heterocycles. The molecule has 0 bridgehead atoms. The number of carbonyl (C=O) groups is 1. The Balaban J connectivity index is 2.21. The van der Waals surface area contributed by atoms with Crippen LogP contribution in [-0.4, -0.2) is 24.0 Å². The van der Waals surface area contributed by atoms with Crippen LogP contribution in [0.5, 0.6) is 0 Å². The Morgan fingerprint density at radius 2 is 2.33 bits per heavy atom. The molecule has 1 saturated carbocycles. The number of carbonyl (C=O) groups excluding carboxylic acids is 1. The third kappa shape index (κ3) is 2.39. The lowest BCUT2D eigenvalue weighted by Crippen LogP contribution is -2.26. The highest BCUT2D eigenvalue weighted by Gasteiger charge is 2.24. The van der Waals surface area contributed by atoms with Gasteiger partial charge in [0.2, 0.25) is 0 Å². The molecule has 0 radical (unpaired) electrons. The second-order valence-corrected chi connectivity index (χ2v) is 3.94. The van der Waals surface area contributed by atoms with E-state index in [9.17, 15) is 4.79 Å². The number of amides is 1. The number of halogens is 1. The van der Waals surface area contributed by atoms with E-state index in [-0.39, 0.29) is 5.91 Å². The van der Waals surface area contributed by atoms with Crippen molar-refractivity contribution in [1.82, 2.24) is 10.3 Å². The Bertz CT molecular complexity index is 390. The molecule has 15 heavy (non-hydrogen) atoms. The summed E-state index contributed by atoms with van der Waals surface area (Å²) < 4.78 is 0. The molecule has 0 atom stereocenters. The second-order valence-electron chi connectivity index (χ2n) is 3.55. The highest BCUT2D eigenvalue weighted by atomic mass is 35.5. The molecule has 1 aliphatic carbocycles. The van der Waals surface area contributed by atoms with Gasteiger partial charge in [-0.3, -0.25) is 4.79 Å². The van der Waals surface area contributed by atoms with E-state index < -0.39 is 0 Å². The summed E-state index contributed by atoms with van der Waals surface area (Å²) in [6, 6.07) is 1.99.